The van der Waals surface area contributed by atoms with E-state index in [1.807, 2.05) is 0 Å². The second-order valence-electron chi connectivity index (χ2n) is 6.13. The summed E-state index contributed by atoms with van der Waals surface area (Å²) >= 11 is 0. The van der Waals surface area contributed by atoms with E-state index in [1.165, 1.54) is 0 Å². The Morgan fingerprint density at radius 3 is 1.60 bits per heavy atom. The molecule has 0 amide bonds. The Kier molecular flexibility index (Phi) is 8.20. The quantitative estimate of drug-likeness (QED) is 0.349. The van der Waals surface area contributed by atoms with Gasteiger partial charge in [-0.15, -0.1) is 0 Å². The van der Waals surface area contributed by atoms with Gasteiger partial charge in [0.05, 0.1) is 12.4 Å². The average Bonchev–Trinajstić information content (AvgIpc) is 2.51. The molecule has 0 rings (SSSR count). The lowest BCUT2D eigenvalue weighted by Gasteiger charge is -2.29. The maximum Gasteiger partial charge on any atom is 0.459 e. The summed E-state index contributed by atoms with van der Waals surface area (Å²) < 4.78 is 180. The van der Waals surface area contributed by atoms with E-state index in [9.17, 15) is 65.9 Å². The number of sulfone groups is 1. The number of alkyl halides is 12. The molecule has 0 radical (unpaired) electrons. The van der Waals surface area contributed by atoms with Gasteiger partial charge in [0.25, 0.3) is 0 Å². The van der Waals surface area contributed by atoms with Crippen molar-refractivity contribution in [3.8, 4) is 0 Å². The molecular formula is C13H14F12O4S. The van der Waals surface area contributed by atoms with E-state index >= 15 is 0 Å². The summed E-state index contributed by atoms with van der Waals surface area (Å²) in [6, 6.07) is 0. The average molecular weight is 494 g/mol. The highest BCUT2D eigenvalue weighted by molar-refractivity contribution is 7.93. The van der Waals surface area contributed by atoms with E-state index in [4.69, 9.17) is 0 Å². The van der Waals surface area contributed by atoms with Crippen LogP contribution >= 0.6 is 0 Å². The molecule has 0 N–H and O–H groups in total. The summed E-state index contributed by atoms with van der Waals surface area (Å²) in [7, 11) is -5.09. The molecule has 0 saturated carbocycles. The van der Waals surface area contributed by atoms with Crippen molar-refractivity contribution in [1.29, 1.82) is 0 Å². The summed E-state index contributed by atoms with van der Waals surface area (Å²) in [5.41, 5.74) is 0. The molecule has 0 bridgehead atoms. The van der Waals surface area contributed by atoms with Crippen molar-refractivity contribution in [3.05, 3.63) is 0 Å². The van der Waals surface area contributed by atoms with Crippen LogP contribution in [0.15, 0.2) is 0 Å². The molecule has 0 saturated heterocycles. The molecule has 0 aliphatic heterocycles. The predicted octanol–water partition coefficient (Wildman–Crippen LogP) is 4.53. The highest BCUT2D eigenvalue weighted by Gasteiger charge is 2.72. The van der Waals surface area contributed by atoms with Gasteiger partial charge in [-0.25, -0.2) is 8.42 Å². The fourth-order valence-corrected chi connectivity index (χ4v) is 3.91. The molecule has 30 heavy (non-hydrogen) atoms. The van der Waals surface area contributed by atoms with Crippen LogP contribution in [0, 0.1) is 0 Å². The maximum atomic E-state index is 13.4. The summed E-state index contributed by atoms with van der Waals surface area (Å²) in [5, 5.41) is -5.74. The normalized spacial score (nSPS) is 16.9. The van der Waals surface area contributed by atoms with Gasteiger partial charge in [0.15, 0.2) is 15.1 Å². The molecule has 0 aliphatic rings. The number of halogens is 12. The van der Waals surface area contributed by atoms with Gasteiger partial charge in [0, 0.05) is 12.8 Å². The van der Waals surface area contributed by atoms with Gasteiger partial charge in [-0.3, -0.25) is 4.79 Å². The molecule has 2 atom stereocenters. The van der Waals surface area contributed by atoms with Crippen molar-refractivity contribution in [2.75, 3.05) is 7.11 Å². The Hall–Kier alpha value is -1.42. The number of carbonyl (C=O) groups excluding carboxylic acids is 1. The molecule has 0 aliphatic carbocycles. The minimum absolute atomic E-state index is 0.243. The van der Waals surface area contributed by atoms with Crippen molar-refractivity contribution < 1.29 is 70.6 Å². The number of rotatable bonds is 9. The van der Waals surface area contributed by atoms with Crippen LogP contribution in [0.2, 0.25) is 0 Å². The van der Waals surface area contributed by atoms with Crippen LogP contribution in [0.5, 0.6) is 0 Å². The molecular weight excluding hydrogens is 480 g/mol. The zero-order chi connectivity index (χ0) is 24.6. The van der Waals surface area contributed by atoms with E-state index in [2.05, 4.69) is 4.74 Å². The number of esters is 1. The van der Waals surface area contributed by atoms with Crippen molar-refractivity contribution in [3.63, 3.8) is 0 Å². The van der Waals surface area contributed by atoms with Crippen LogP contribution in [0.3, 0.4) is 0 Å². The van der Waals surface area contributed by atoms with Crippen LogP contribution in [0.1, 0.15) is 26.2 Å². The molecule has 0 aromatic carbocycles. The molecule has 180 valence electrons. The zero-order valence-electron chi connectivity index (χ0n) is 14.9. The van der Waals surface area contributed by atoms with E-state index in [0.717, 1.165) is 0 Å². The van der Waals surface area contributed by atoms with Crippen molar-refractivity contribution >= 4 is 15.8 Å². The van der Waals surface area contributed by atoms with Gasteiger partial charge in [-0.05, 0) is 13.3 Å². The number of methoxy groups -OCH3 is 1. The van der Waals surface area contributed by atoms with Gasteiger partial charge in [0.1, 0.15) is 0 Å². The number of carbonyl (C=O) groups is 1. The summed E-state index contributed by atoms with van der Waals surface area (Å²) in [4.78, 5) is 11.5. The van der Waals surface area contributed by atoms with E-state index in [1.54, 1.807) is 0 Å². The molecule has 0 spiro atoms. The lowest BCUT2D eigenvalue weighted by atomic mass is 10.0. The maximum absolute atomic E-state index is 13.4. The van der Waals surface area contributed by atoms with Crippen LogP contribution in [0.4, 0.5) is 52.7 Å². The lowest BCUT2D eigenvalue weighted by Crippen LogP contribution is -2.52. The molecule has 17 heteroatoms. The number of hydrogen-bond acceptors (Lipinski definition) is 4. The second-order valence-corrected chi connectivity index (χ2v) is 8.68. The third-order valence-electron chi connectivity index (χ3n) is 3.92. The monoisotopic (exact) mass is 494 g/mol. The largest absolute Gasteiger partial charge is 0.468 e. The Balaban J connectivity index is 5.85. The molecule has 0 heterocycles. The zero-order valence-corrected chi connectivity index (χ0v) is 15.7. The standard InChI is InChI=1S/C13H14F12O4S/c1-6(5-10(16,17)12(20,21)22)30(27,28)7(8(26)29-2)3-4-9(14,15)11(18,19)13(23,24)25/h6-7H,3-5H2,1-2H3. The summed E-state index contributed by atoms with van der Waals surface area (Å²) in [6.07, 6.45) is -20.0. The van der Waals surface area contributed by atoms with Gasteiger partial charge >= 0.3 is 36.1 Å². The van der Waals surface area contributed by atoms with Crippen molar-refractivity contribution in [2.45, 2.75) is 66.8 Å². The Labute approximate surface area is 161 Å². The van der Waals surface area contributed by atoms with Crippen molar-refractivity contribution in [2.24, 2.45) is 0 Å². The predicted molar refractivity (Wildman–Crippen MR) is 75.0 cm³/mol. The van der Waals surface area contributed by atoms with Gasteiger partial charge in [0.2, 0.25) is 0 Å². The molecule has 2 unspecified atom stereocenters. The van der Waals surface area contributed by atoms with E-state index in [-0.39, 0.29) is 6.92 Å². The Bertz CT molecular complexity index is 711. The second kappa shape index (κ2) is 8.61. The Morgan fingerprint density at radius 1 is 0.833 bits per heavy atom. The molecule has 0 fully saturated rings. The van der Waals surface area contributed by atoms with Crippen LogP contribution in [-0.2, 0) is 19.4 Å². The molecule has 4 nitrogen and oxygen atoms in total. The number of ether oxygens (including phenoxy) is 1. The van der Waals surface area contributed by atoms with Crippen LogP contribution in [0.25, 0.3) is 0 Å². The third-order valence-corrected chi connectivity index (χ3v) is 6.43. The van der Waals surface area contributed by atoms with Crippen LogP contribution in [-0.4, -0.2) is 62.1 Å². The highest BCUT2D eigenvalue weighted by Crippen LogP contribution is 2.49. The highest BCUT2D eigenvalue weighted by atomic mass is 32.2. The Morgan fingerprint density at radius 2 is 1.27 bits per heavy atom. The van der Waals surface area contributed by atoms with Gasteiger partial charge in [-0.1, -0.05) is 0 Å². The lowest BCUT2D eigenvalue weighted by molar-refractivity contribution is -0.355. The minimum Gasteiger partial charge on any atom is -0.468 e. The topological polar surface area (TPSA) is 60.4 Å². The van der Waals surface area contributed by atoms with Gasteiger partial charge in [-0.2, -0.15) is 52.7 Å². The first-order valence-corrected chi connectivity index (χ1v) is 9.14. The first-order valence-electron chi connectivity index (χ1n) is 7.53. The molecule has 0 aromatic heterocycles. The number of hydrogen-bond donors (Lipinski definition) is 0. The molecule has 0 aromatic rings. The summed E-state index contributed by atoms with van der Waals surface area (Å²) in [6.45, 7) is 0.243. The van der Waals surface area contributed by atoms with E-state index < -0.39 is 75.7 Å². The minimum atomic E-state index is -6.77. The fraction of sp³-hybridized carbons (Fsp3) is 0.923. The first kappa shape index (κ1) is 28.6. The van der Waals surface area contributed by atoms with Gasteiger partial charge < -0.3 is 4.74 Å². The SMILES string of the molecule is COC(=O)C(CCC(F)(F)C(F)(F)C(F)(F)F)S(=O)(=O)C(C)CC(F)(F)C(F)(F)F. The van der Waals surface area contributed by atoms with E-state index in [0.29, 0.717) is 7.11 Å². The third kappa shape index (κ3) is 5.84. The first-order chi connectivity index (χ1) is 13.0. The summed E-state index contributed by atoms with van der Waals surface area (Å²) in [5.74, 6) is -20.2. The van der Waals surface area contributed by atoms with Crippen LogP contribution < -0.4 is 0 Å². The van der Waals surface area contributed by atoms with Crippen molar-refractivity contribution in [1.82, 2.24) is 0 Å². The fourth-order valence-electron chi connectivity index (χ4n) is 2.10. The smallest absolute Gasteiger partial charge is 0.459 e.